The molecular formula is C16H25N3O. The van der Waals surface area contributed by atoms with E-state index in [1.165, 1.54) is 19.3 Å². The van der Waals surface area contributed by atoms with Gasteiger partial charge in [-0.15, -0.1) is 0 Å². The molecule has 0 spiro atoms. The number of anilines is 1. The van der Waals surface area contributed by atoms with Gasteiger partial charge in [-0.1, -0.05) is 40.0 Å². The number of carbonyl (C=O) groups is 1. The predicted octanol–water partition coefficient (Wildman–Crippen LogP) is 3.02. The lowest BCUT2D eigenvalue weighted by molar-refractivity contribution is 0.0927. The van der Waals surface area contributed by atoms with E-state index in [0.29, 0.717) is 17.4 Å². The van der Waals surface area contributed by atoms with Crippen LogP contribution in [0.2, 0.25) is 0 Å². The lowest BCUT2D eigenvalue weighted by Gasteiger charge is -2.23. The molecule has 1 aliphatic carbocycles. The van der Waals surface area contributed by atoms with Crippen molar-refractivity contribution >= 4 is 11.7 Å². The van der Waals surface area contributed by atoms with Crippen LogP contribution in [0.1, 0.15) is 68.9 Å². The number of aromatic nitrogens is 1. The van der Waals surface area contributed by atoms with Crippen LogP contribution in [-0.2, 0) is 5.41 Å². The summed E-state index contributed by atoms with van der Waals surface area (Å²) in [5.41, 5.74) is 7.19. The highest BCUT2D eigenvalue weighted by molar-refractivity contribution is 5.95. The Hall–Kier alpha value is -1.58. The molecule has 0 saturated heterocycles. The second-order valence-electron chi connectivity index (χ2n) is 6.72. The number of hydrogen-bond donors (Lipinski definition) is 2. The molecule has 1 aromatic heterocycles. The predicted molar refractivity (Wildman–Crippen MR) is 81.7 cm³/mol. The van der Waals surface area contributed by atoms with Crippen LogP contribution in [0.3, 0.4) is 0 Å². The monoisotopic (exact) mass is 275 g/mol. The van der Waals surface area contributed by atoms with Crippen LogP contribution in [0.5, 0.6) is 0 Å². The molecule has 1 saturated carbocycles. The van der Waals surface area contributed by atoms with Crippen LogP contribution < -0.4 is 11.1 Å². The van der Waals surface area contributed by atoms with Gasteiger partial charge in [0, 0.05) is 22.7 Å². The molecule has 1 aromatic rings. The van der Waals surface area contributed by atoms with Gasteiger partial charge in [0.25, 0.3) is 5.91 Å². The van der Waals surface area contributed by atoms with Crippen molar-refractivity contribution in [1.82, 2.24) is 10.3 Å². The van der Waals surface area contributed by atoms with Crippen LogP contribution in [0.15, 0.2) is 12.1 Å². The van der Waals surface area contributed by atoms with Gasteiger partial charge >= 0.3 is 0 Å². The fourth-order valence-corrected chi connectivity index (χ4v) is 2.58. The van der Waals surface area contributed by atoms with Crippen molar-refractivity contribution in [3.8, 4) is 0 Å². The summed E-state index contributed by atoms with van der Waals surface area (Å²) in [6.45, 7) is 6.20. The summed E-state index contributed by atoms with van der Waals surface area (Å²) in [6.07, 6.45) is 5.85. The van der Waals surface area contributed by atoms with Gasteiger partial charge in [-0.25, -0.2) is 4.98 Å². The fraction of sp³-hybridized carbons (Fsp3) is 0.625. The Morgan fingerprint density at radius 1 is 1.25 bits per heavy atom. The largest absolute Gasteiger partial charge is 0.384 e. The molecule has 1 aliphatic rings. The number of nitrogens with one attached hydrogen (secondary N) is 1. The van der Waals surface area contributed by atoms with Gasteiger partial charge in [0.1, 0.15) is 5.82 Å². The smallest absolute Gasteiger partial charge is 0.251 e. The zero-order valence-electron chi connectivity index (χ0n) is 12.7. The molecular weight excluding hydrogens is 250 g/mol. The van der Waals surface area contributed by atoms with Crippen molar-refractivity contribution in [3.63, 3.8) is 0 Å². The number of nitrogens with two attached hydrogens (primary N) is 1. The normalized spacial score (nSPS) is 16.9. The first-order valence-electron chi connectivity index (χ1n) is 7.45. The summed E-state index contributed by atoms with van der Waals surface area (Å²) in [7, 11) is 0. The van der Waals surface area contributed by atoms with Crippen LogP contribution >= 0.6 is 0 Å². The highest BCUT2D eigenvalue weighted by Gasteiger charge is 2.21. The molecule has 1 fully saturated rings. The summed E-state index contributed by atoms with van der Waals surface area (Å²) in [6, 6.07) is 3.82. The van der Waals surface area contributed by atoms with E-state index in [0.717, 1.165) is 18.5 Å². The average Bonchev–Trinajstić information content (AvgIpc) is 2.38. The molecule has 1 amide bonds. The molecule has 0 unspecified atom stereocenters. The Morgan fingerprint density at radius 2 is 1.90 bits per heavy atom. The topological polar surface area (TPSA) is 68.0 Å². The molecule has 3 N–H and O–H groups in total. The van der Waals surface area contributed by atoms with Crippen LogP contribution in [0, 0.1) is 0 Å². The Morgan fingerprint density at radius 3 is 2.50 bits per heavy atom. The van der Waals surface area contributed by atoms with Crippen molar-refractivity contribution < 1.29 is 4.79 Å². The van der Waals surface area contributed by atoms with Gasteiger partial charge in [0.15, 0.2) is 0 Å². The number of hydrogen-bond acceptors (Lipinski definition) is 3. The first-order valence-corrected chi connectivity index (χ1v) is 7.45. The second-order valence-corrected chi connectivity index (χ2v) is 6.72. The van der Waals surface area contributed by atoms with Gasteiger partial charge in [-0.3, -0.25) is 4.79 Å². The minimum atomic E-state index is -0.116. The highest BCUT2D eigenvalue weighted by Crippen LogP contribution is 2.23. The van der Waals surface area contributed by atoms with E-state index < -0.39 is 0 Å². The highest BCUT2D eigenvalue weighted by atomic mass is 16.1. The number of carbonyl (C=O) groups excluding carboxylic acids is 1. The van der Waals surface area contributed by atoms with Crippen molar-refractivity contribution in [1.29, 1.82) is 0 Å². The van der Waals surface area contributed by atoms with Gasteiger partial charge in [-0.05, 0) is 25.0 Å². The summed E-state index contributed by atoms with van der Waals surface area (Å²) in [5.74, 6) is 0.378. The Balaban J connectivity index is 2.14. The van der Waals surface area contributed by atoms with Crippen molar-refractivity contribution in [2.24, 2.45) is 0 Å². The van der Waals surface area contributed by atoms with E-state index in [4.69, 9.17) is 5.73 Å². The number of nitrogen functional groups attached to an aromatic ring is 1. The maximum absolute atomic E-state index is 12.3. The summed E-state index contributed by atoms with van der Waals surface area (Å²) in [5, 5.41) is 3.12. The first kappa shape index (κ1) is 14.8. The third-order valence-electron chi connectivity index (χ3n) is 3.82. The van der Waals surface area contributed by atoms with E-state index in [9.17, 15) is 4.79 Å². The lowest BCUT2D eigenvalue weighted by Crippen LogP contribution is -2.36. The summed E-state index contributed by atoms with van der Waals surface area (Å²) < 4.78 is 0. The number of pyridine rings is 1. The summed E-state index contributed by atoms with van der Waals surface area (Å²) in [4.78, 5) is 16.7. The molecule has 4 nitrogen and oxygen atoms in total. The SMILES string of the molecule is CC(C)(C)c1cc(C(=O)NC2CCCCC2)cc(N)n1. The molecule has 0 bridgehead atoms. The van der Waals surface area contributed by atoms with E-state index >= 15 is 0 Å². The zero-order chi connectivity index (χ0) is 14.8. The number of rotatable bonds is 2. The summed E-state index contributed by atoms with van der Waals surface area (Å²) >= 11 is 0. The van der Waals surface area contributed by atoms with E-state index in [2.05, 4.69) is 31.1 Å². The molecule has 0 radical (unpaired) electrons. The van der Waals surface area contributed by atoms with Crippen LogP contribution in [0.25, 0.3) is 0 Å². The molecule has 20 heavy (non-hydrogen) atoms. The van der Waals surface area contributed by atoms with Gasteiger partial charge in [0.2, 0.25) is 0 Å². The Bertz CT molecular complexity index is 485. The van der Waals surface area contributed by atoms with E-state index in [1.807, 2.05) is 6.07 Å². The molecule has 4 heteroatoms. The second kappa shape index (κ2) is 5.81. The number of nitrogens with zero attached hydrogens (tertiary/aromatic N) is 1. The molecule has 110 valence electrons. The van der Waals surface area contributed by atoms with Gasteiger partial charge in [-0.2, -0.15) is 0 Å². The lowest BCUT2D eigenvalue weighted by atomic mass is 9.90. The zero-order valence-corrected chi connectivity index (χ0v) is 12.7. The van der Waals surface area contributed by atoms with Gasteiger partial charge in [0.05, 0.1) is 0 Å². The number of amides is 1. The van der Waals surface area contributed by atoms with Crippen molar-refractivity contribution in [2.45, 2.75) is 64.3 Å². The standard InChI is InChI=1S/C16H25N3O/c1-16(2,3)13-9-11(10-14(17)19-13)15(20)18-12-7-5-4-6-8-12/h9-10,12H,4-8H2,1-3H3,(H2,17,19)(H,18,20). The van der Waals surface area contributed by atoms with Gasteiger partial charge < -0.3 is 11.1 Å². The minimum Gasteiger partial charge on any atom is -0.384 e. The van der Waals surface area contributed by atoms with E-state index in [1.54, 1.807) is 6.07 Å². The molecule has 2 rings (SSSR count). The Kier molecular flexibility index (Phi) is 4.31. The van der Waals surface area contributed by atoms with Crippen molar-refractivity contribution in [2.75, 3.05) is 5.73 Å². The maximum atomic E-state index is 12.3. The van der Waals surface area contributed by atoms with Crippen LogP contribution in [-0.4, -0.2) is 16.9 Å². The third kappa shape index (κ3) is 3.71. The minimum absolute atomic E-state index is 0.0310. The maximum Gasteiger partial charge on any atom is 0.251 e. The first-order chi connectivity index (χ1) is 9.36. The van der Waals surface area contributed by atoms with E-state index in [-0.39, 0.29) is 11.3 Å². The van der Waals surface area contributed by atoms with Crippen molar-refractivity contribution in [3.05, 3.63) is 23.4 Å². The van der Waals surface area contributed by atoms with Crippen LogP contribution in [0.4, 0.5) is 5.82 Å². The third-order valence-corrected chi connectivity index (χ3v) is 3.82. The fourth-order valence-electron chi connectivity index (χ4n) is 2.58. The molecule has 0 atom stereocenters. The molecule has 1 heterocycles. The quantitative estimate of drug-likeness (QED) is 0.871. The molecule has 0 aromatic carbocycles. The Labute approximate surface area is 121 Å². The average molecular weight is 275 g/mol. The molecule has 0 aliphatic heterocycles.